The Labute approximate surface area is 122 Å². The molecule has 1 heterocycles. The molecule has 0 aromatic carbocycles. The summed E-state index contributed by atoms with van der Waals surface area (Å²) < 4.78 is 0. The van der Waals surface area contributed by atoms with Gasteiger partial charge in [0.15, 0.2) is 0 Å². The lowest BCUT2D eigenvalue weighted by Gasteiger charge is -2.36. The molecule has 0 spiro atoms. The van der Waals surface area contributed by atoms with Gasteiger partial charge in [0.1, 0.15) is 5.54 Å². The van der Waals surface area contributed by atoms with Crippen LogP contribution in [0.2, 0.25) is 0 Å². The van der Waals surface area contributed by atoms with Gasteiger partial charge < -0.3 is 10.4 Å². The van der Waals surface area contributed by atoms with Crippen LogP contribution in [-0.4, -0.2) is 47.2 Å². The molecule has 0 bridgehead atoms. The summed E-state index contributed by atoms with van der Waals surface area (Å²) in [6.07, 6.45) is 1.85. The molecule has 0 aromatic rings. The number of nitrogens with zero attached hydrogens (tertiary/aromatic N) is 2. The smallest absolute Gasteiger partial charge is 0.238 e. The minimum atomic E-state index is -0.825. The normalized spacial score (nSPS) is 22.1. The summed E-state index contributed by atoms with van der Waals surface area (Å²) in [5.41, 5.74) is -0.825. The quantitative estimate of drug-likeness (QED) is 0.792. The van der Waals surface area contributed by atoms with Crippen LogP contribution in [0, 0.1) is 23.2 Å². The summed E-state index contributed by atoms with van der Waals surface area (Å²) >= 11 is 0. The van der Waals surface area contributed by atoms with Crippen molar-refractivity contribution in [2.75, 3.05) is 19.7 Å². The minimum Gasteiger partial charge on any atom is -0.396 e. The third-order valence-electron chi connectivity index (χ3n) is 4.60. The standard InChI is InChI=1S/C15H27N3O2/c1-11(2)15(4,10-16)17-14(20)12(3)18-7-5-13(9-19)6-8-18/h11-13,19H,5-9H2,1-4H3,(H,17,20)/t12-,15+/m1/s1. The van der Waals surface area contributed by atoms with E-state index in [0.717, 1.165) is 25.9 Å². The SMILES string of the molecule is CC(C)[C@](C)(C#N)NC(=O)[C@@H](C)N1CCC(CO)CC1. The Morgan fingerprint density at radius 1 is 1.45 bits per heavy atom. The van der Waals surface area contributed by atoms with E-state index in [1.54, 1.807) is 6.92 Å². The third-order valence-corrected chi connectivity index (χ3v) is 4.60. The number of amides is 1. The zero-order valence-corrected chi connectivity index (χ0v) is 13.0. The predicted molar refractivity (Wildman–Crippen MR) is 77.8 cm³/mol. The second kappa shape index (κ2) is 7.05. The van der Waals surface area contributed by atoms with Gasteiger partial charge in [-0.1, -0.05) is 13.8 Å². The summed E-state index contributed by atoms with van der Waals surface area (Å²) in [4.78, 5) is 14.4. The first-order valence-corrected chi connectivity index (χ1v) is 7.42. The van der Waals surface area contributed by atoms with Gasteiger partial charge in [0.05, 0.1) is 12.1 Å². The van der Waals surface area contributed by atoms with Crippen molar-refractivity contribution < 1.29 is 9.90 Å². The second-order valence-corrected chi connectivity index (χ2v) is 6.30. The first-order chi connectivity index (χ1) is 9.34. The van der Waals surface area contributed by atoms with Gasteiger partial charge in [-0.25, -0.2) is 0 Å². The van der Waals surface area contributed by atoms with E-state index in [2.05, 4.69) is 16.3 Å². The molecule has 0 aliphatic carbocycles. The highest BCUT2D eigenvalue weighted by atomic mass is 16.3. The Morgan fingerprint density at radius 2 is 2.00 bits per heavy atom. The van der Waals surface area contributed by atoms with Gasteiger partial charge in [-0.05, 0) is 51.6 Å². The highest BCUT2D eigenvalue weighted by molar-refractivity contribution is 5.82. The van der Waals surface area contributed by atoms with Crippen molar-refractivity contribution in [3.05, 3.63) is 0 Å². The zero-order chi connectivity index (χ0) is 15.3. The van der Waals surface area contributed by atoms with Crippen LogP contribution in [0.5, 0.6) is 0 Å². The minimum absolute atomic E-state index is 0.0591. The summed E-state index contributed by atoms with van der Waals surface area (Å²) in [6.45, 7) is 9.39. The van der Waals surface area contributed by atoms with Gasteiger partial charge in [-0.2, -0.15) is 5.26 Å². The van der Waals surface area contributed by atoms with E-state index in [1.807, 2.05) is 20.8 Å². The number of hydrogen-bond acceptors (Lipinski definition) is 4. The number of hydrogen-bond donors (Lipinski definition) is 2. The lowest BCUT2D eigenvalue weighted by molar-refractivity contribution is -0.128. The third kappa shape index (κ3) is 3.94. The molecule has 20 heavy (non-hydrogen) atoms. The Kier molecular flexibility index (Phi) is 5.97. The van der Waals surface area contributed by atoms with Gasteiger partial charge >= 0.3 is 0 Å². The molecule has 1 saturated heterocycles. The summed E-state index contributed by atoms with van der Waals surface area (Å²) in [5.74, 6) is 0.329. The number of carbonyl (C=O) groups excluding carboxylic acids is 1. The average molecular weight is 281 g/mol. The molecule has 0 aromatic heterocycles. The molecule has 1 rings (SSSR count). The van der Waals surface area contributed by atoms with Crippen LogP contribution in [-0.2, 0) is 4.79 Å². The first-order valence-electron chi connectivity index (χ1n) is 7.42. The van der Waals surface area contributed by atoms with Crippen molar-refractivity contribution >= 4 is 5.91 Å². The van der Waals surface area contributed by atoms with Gasteiger partial charge in [-0.15, -0.1) is 0 Å². The number of aliphatic hydroxyl groups is 1. The molecule has 1 fully saturated rings. The van der Waals surface area contributed by atoms with Crippen LogP contribution in [0.1, 0.15) is 40.5 Å². The lowest BCUT2D eigenvalue weighted by Crippen LogP contribution is -2.56. The maximum absolute atomic E-state index is 12.3. The molecule has 1 aliphatic rings. The number of rotatable bonds is 5. The molecular formula is C15H27N3O2. The maximum atomic E-state index is 12.3. The fourth-order valence-electron chi connectivity index (χ4n) is 2.35. The molecule has 2 atom stereocenters. The van der Waals surface area contributed by atoms with Gasteiger partial charge in [0.25, 0.3) is 0 Å². The highest BCUT2D eigenvalue weighted by Gasteiger charge is 2.34. The summed E-state index contributed by atoms with van der Waals surface area (Å²) in [7, 11) is 0. The molecule has 2 N–H and O–H groups in total. The number of likely N-dealkylation sites (tertiary alicyclic amines) is 1. The van der Waals surface area contributed by atoms with Crippen molar-refractivity contribution in [2.45, 2.75) is 52.1 Å². The van der Waals surface area contributed by atoms with Gasteiger partial charge in [-0.3, -0.25) is 9.69 Å². The molecule has 0 radical (unpaired) electrons. The highest BCUT2D eigenvalue weighted by Crippen LogP contribution is 2.20. The monoisotopic (exact) mass is 281 g/mol. The van der Waals surface area contributed by atoms with Crippen LogP contribution >= 0.6 is 0 Å². The Bertz CT molecular complexity index is 370. The average Bonchev–Trinajstić information content (AvgIpc) is 2.46. The topological polar surface area (TPSA) is 76.4 Å². The number of aliphatic hydroxyl groups excluding tert-OH is 1. The predicted octanol–water partition coefficient (Wildman–Crippen LogP) is 1.13. The van der Waals surface area contributed by atoms with Crippen LogP contribution in [0.15, 0.2) is 0 Å². The number of carbonyl (C=O) groups is 1. The largest absolute Gasteiger partial charge is 0.396 e. The van der Waals surface area contributed by atoms with E-state index >= 15 is 0 Å². The number of piperidine rings is 1. The van der Waals surface area contributed by atoms with Crippen LogP contribution in [0.3, 0.4) is 0 Å². The lowest BCUT2D eigenvalue weighted by atomic mass is 9.89. The van der Waals surface area contributed by atoms with E-state index in [0.29, 0.717) is 5.92 Å². The Hall–Kier alpha value is -1.12. The fourth-order valence-corrected chi connectivity index (χ4v) is 2.35. The number of nitrogens with one attached hydrogen (secondary N) is 1. The van der Waals surface area contributed by atoms with E-state index in [1.165, 1.54) is 0 Å². The molecule has 1 amide bonds. The Morgan fingerprint density at radius 3 is 2.40 bits per heavy atom. The number of nitriles is 1. The molecule has 114 valence electrons. The van der Waals surface area contributed by atoms with Gasteiger partial charge in [0.2, 0.25) is 5.91 Å². The van der Waals surface area contributed by atoms with Crippen LogP contribution in [0.4, 0.5) is 0 Å². The molecule has 0 saturated carbocycles. The molecular weight excluding hydrogens is 254 g/mol. The van der Waals surface area contributed by atoms with Gasteiger partial charge in [0, 0.05) is 6.61 Å². The van der Waals surface area contributed by atoms with E-state index in [9.17, 15) is 10.1 Å². The van der Waals surface area contributed by atoms with Crippen molar-refractivity contribution in [1.82, 2.24) is 10.2 Å². The van der Waals surface area contributed by atoms with E-state index in [-0.39, 0.29) is 24.5 Å². The molecule has 1 aliphatic heterocycles. The van der Waals surface area contributed by atoms with Crippen molar-refractivity contribution in [1.29, 1.82) is 5.26 Å². The maximum Gasteiger partial charge on any atom is 0.238 e. The second-order valence-electron chi connectivity index (χ2n) is 6.30. The molecule has 5 nitrogen and oxygen atoms in total. The van der Waals surface area contributed by atoms with Crippen molar-refractivity contribution in [2.24, 2.45) is 11.8 Å². The first kappa shape index (κ1) is 16.9. The summed E-state index contributed by atoms with van der Waals surface area (Å²) in [6, 6.07) is 1.96. The molecule has 5 heteroatoms. The van der Waals surface area contributed by atoms with E-state index in [4.69, 9.17) is 5.11 Å². The molecule has 0 unspecified atom stereocenters. The van der Waals surface area contributed by atoms with Crippen LogP contribution in [0.25, 0.3) is 0 Å². The van der Waals surface area contributed by atoms with Crippen molar-refractivity contribution in [3.63, 3.8) is 0 Å². The zero-order valence-electron chi connectivity index (χ0n) is 13.0. The van der Waals surface area contributed by atoms with Crippen molar-refractivity contribution in [3.8, 4) is 6.07 Å². The van der Waals surface area contributed by atoms with E-state index < -0.39 is 5.54 Å². The fraction of sp³-hybridized carbons (Fsp3) is 0.867. The Balaban J connectivity index is 2.58. The van der Waals surface area contributed by atoms with Crippen LogP contribution < -0.4 is 5.32 Å². The summed E-state index contributed by atoms with van der Waals surface area (Å²) in [5, 5.41) is 21.3.